The van der Waals surface area contributed by atoms with Crippen LogP contribution in [0.15, 0.2) is 48.5 Å². The molecule has 0 saturated carbocycles. The van der Waals surface area contributed by atoms with E-state index in [4.69, 9.17) is 4.74 Å². The summed E-state index contributed by atoms with van der Waals surface area (Å²) in [6, 6.07) is 13.4. The molecule has 0 unspecified atom stereocenters. The summed E-state index contributed by atoms with van der Waals surface area (Å²) in [4.78, 5) is 38.2. The number of hydrogen-bond donors (Lipinski definition) is 3. The first-order chi connectivity index (χ1) is 14.5. The zero-order valence-electron chi connectivity index (χ0n) is 16.9. The number of likely N-dealkylation sites (tertiary alicyclic amines) is 1. The Labute approximate surface area is 175 Å². The van der Waals surface area contributed by atoms with E-state index in [2.05, 4.69) is 16.0 Å². The van der Waals surface area contributed by atoms with Gasteiger partial charge in [-0.05, 0) is 61.4 Å². The van der Waals surface area contributed by atoms with Gasteiger partial charge in [0.05, 0.1) is 7.11 Å². The molecule has 1 aliphatic heterocycles. The van der Waals surface area contributed by atoms with E-state index in [-0.39, 0.29) is 24.8 Å². The van der Waals surface area contributed by atoms with E-state index < -0.39 is 6.03 Å². The largest absolute Gasteiger partial charge is 0.497 e. The predicted octanol–water partition coefficient (Wildman–Crippen LogP) is 3.08. The van der Waals surface area contributed by atoms with E-state index >= 15 is 0 Å². The molecule has 158 valence electrons. The quantitative estimate of drug-likeness (QED) is 0.653. The highest BCUT2D eigenvalue weighted by molar-refractivity contribution is 5.96. The highest BCUT2D eigenvalue weighted by atomic mass is 16.5. The number of rotatable bonds is 7. The summed E-state index contributed by atoms with van der Waals surface area (Å²) in [7, 11) is 1.57. The number of nitrogens with zero attached hydrogens (tertiary/aromatic N) is 1. The number of nitrogens with one attached hydrogen (secondary N) is 3. The number of amides is 4. The molecule has 30 heavy (non-hydrogen) atoms. The van der Waals surface area contributed by atoms with Gasteiger partial charge in [-0.25, -0.2) is 4.79 Å². The third-order valence-electron chi connectivity index (χ3n) is 4.79. The maximum absolute atomic E-state index is 12.3. The molecular formula is C22H26N4O4. The Hall–Kier alpha value is -3.55. The van der Waals surface area contributed by atoms with Crippen molar-refractivity contribution >= 4 is 29.2 Å². The van der Waals surface area contributed by atoms with Gasteiger partial charge in [0, 0.05) is 43.0 Å². The van der Waals surface area contributed by atoms with Crippen molar-refractivity contribution in [2.24, 2.45) is 0 Å². The van der Waals surface area contributed by atoms with Crippen molar-refractivity contribution in [2.45, 2.75) is 19.3 Å². The molecule has 4 amide bonds. The molecule has 3 N–H and O–H groups in total. The Kier molecular flexibility index (Phi) is 7.26. The molecule has 3 rings (SSSR count). The molecule has 1 aliphatic rings. The van der Waals surface area contributed by atoms with Crippen LogP contribution in [0, 0.1) is 0 Å². The molecule has 8 heteroatoms. The van der Waals surface area contributed by atoms with Crippen LogP contribution < -0.4 is 20.7 Å². The van der Waals surface area contributed by atoms with Gasteiger partial charge in [-0.15, -0.1) is 0 Å². The number of hydrogen-bond acceptors (Lipinski definition) is 4. The standard InChI is InChI=1S/C22H26N4O4/c1-30-19-10-8-18(9-11-19)25-22(29)23-13-12-20(27)24-17-6-4-16(5-7-17)21(28)26-14-2-3-15-26/h4-11H,2-3,12-15H2,1H3,(H,24,27)(H2,23,25,29). The van der Waals surface area contributed by atoms with Gasteiger partial charge in [0.25, 0.3) is 5.91 Å². The van der Waals surface area contributed by atoms with Crippen LogP contribution in [0.2, 0.25) is 0 Å². The van der Waals surface area contributed by atoms with Gasteiger partial charge in [-0.2, -0.15) is 0 Å². The number of urea groups is 1. The van der Waals surface area contributed by atoms with Gasteiger partial charge in [-0.1, -0.05) is 0 Å². The molecule has 2 aromatic carbocycles. The van der Waals surface area contributed by atoms with E-state index in [0.29, 0.717) is 22.7 Å². The van der Waals surface area contributed by atoms with Crippen LogP contribution in [0.4, 0.5) is 16.2 Å². The van der Waals surface area contributed by atoms with Crippen molar-refractivity contribution in [1.29, 1.82) is 0 Å². The third kappa shape index (κ3) is 5.97. The molecule has 1 fully saturated rings. The maximum Gasteiger partial charge on any atom is 0.319 e. The fourth-order valence-electron chi connectivity index (χ4n) is 3.16. The molecule has 0 bridgehead atoms. The van der Waals surface area contributed by atoms with Crippen LogP contribution in [0.25, 0.3) is 0 Å². The van der Waals surface area contributed by atoms with Crippen molar-refractivity contribution in [3.05, 3.63) is 54.1 Å². The average molecular weight is 410 g/mol. The lowest BCUT2D eigenvalue weighted by atomic mass is 10.2. The molecule has 0 spiro atoms. The van der Waals surface area contributed by atoms with Crippen molar-refractivity contribution < 1.29 is 19.1 Å². The summed E-state index contributed by atoms with van der Waals surface area (Å²) >= 11 is 0. The first-order valence-electron chi connectivity index (χ1n) is 9.93. The van der Waals surface area contributed by atoms with Gasteiger partial charge in [-0.3, -0.25) is 9.59 Å². The molecule has 0 radical (unpaired) electrons. The Morgan fingerprint density at radius 3 is 2.13 bits per heavy atom. The first-order valence-corrected chi connectivity index (χ1v) is 9.93. The lowest BCUT2D eigenvalue weighted by Gasteiger charge is -2.15. The van der Waals surface area contributed by atoms with Gasteiger partial charge in [0.2, 0.25) is 5.91 Å². The smallest absolute Gasteiger partial charge is 0.319 e. The summed E-state index contributed by atoms with van der Waals surface area (Å²) in [5.74, 6) is 0.502. The Bertz CT molecular complexity index is 875. The molecular weight excluding hydrogens is 384 g/mol. The monoisotopic (exact) mass is 410 g/mol. The van der Waals surface area contributed by atoms with Crippen molar-refractivity contribution in [2.75, 3.05) is 37.4 Å². The fourth-order valence-corrected chi connectivity index (χ4v) is 3.16. The highest BCUT2D eigenvalue weighted by Gasteiger charge is 2.19. The zero-order valence-corrected chi connectivity index (χ0v) is 16.9. The van der Waals surface area contributed by atoms with Gasteiger partial charge >= 0.3 is 6.03 Å². The summed E-state index contributed by atoms with van der Waals surface area (Å²) in [5.41, 5.74) is 1.86. The topological polar surface area (TPSA) is 99.8 Å². The number of benzene rings is 2. The lowest BCUT2D eigenvalue weighted by Crippen LogP contribution is -2.31. The van der Waals surface area contributed by atoms with Crippen LogP contribution in [0.3, 0.4) is 0 Å². The van der Waals surface area contributed by atoms with Crippen molar-refractivity contribution in [3.63, 3.8) is 0 Å². The molecule has 8 nitrogen and oxygen atoms in total. The van der Waals surface area contributed by atoms with Crippen LogP contribution in [0.5, 0.6) is 5.75 Å². The first kappa shape index (κ1) is 21.2. The highest BCUT2D eigenvalue weighted by Crippen LogP contribution is 2.16. The van der Waals surface area contributed by atoms with Crippen LogP contribution in [-0.4, -0.2) is 49.5 Å². The summed E-state index contributed by atoms with van der Waals surface area (Å²) in [5, 5.41) is 8.09. The molecule has 1 heterocycles. The minimum absolute atomic E-state index is 0.0254. The number of methoxy groups -OCH3 is 1. The summed E-state index contributed by atoms with van der Waals surface area (Å²) < 4.78 is 5.06. The van der Waals surface area contributed by atoms with E-state index in [0.717, 1.165) is 25.9 Å². The number of carbonyl (C=O) groups excluding carboxylic acids is 3. The third-order valence-corrected chi connectivity index (χ3v) is 4.79. The Morgan fingerprint density at radius 1 is 0.900 bits per heavy atom. The summed E-state index contributed by atoms with van der Waals surface area (Å²) in [6.07, 6.45) is 2.22. The molecule has 0 aromatic heterocycles. The van der Waals surface area contributed by atoms with Crippen LogP contribution in [-0.2, 0) is 4.79 Å². The maximum atomic E-state index is 12.3. The Balaban J connectivity index is 1.38. The lowest BCUT2D eigenvalue weighted by molar-refractivity contribution is -0.116. The van der Waals surface area contributed by atoms with Gasteiger partial charge in [0.1, 0.15) is 5.75 Å². The number of carbonyl (C=O) groups is 3. The van der Waals surface area contributed by atoms with E-state index in [1.807, 2.05) is 4.90 Å². The van der Waals surface area contributed by atoms with Gasteiger partial charge < -0.3 is 25.6 Å². The second-order valence-electron chi connectivity index (χ2n) is 6.98. The SMILES string of the molecule is COc1ccc(NC(=O)NCCC(=O)Nc2ccc(C(=O)N3CCCC3)cc2)cc1. The molecule has 2 aromatic rings. The average Bonchev–Trinajstić information content (AvgIpc) is 3.29. The predicted molar refractivity (Wildman–Crippen MR) is 115 cm³/mol. The van der Waals surface area contributed by atoms with Gasteiger partial charge in [0.15, 0.2) is 0 Å². The number of ether oxygens (including phenoxy) is 1. The molecule has 0 aliphatic carbocycles. The van der Waals surface area contributed by atoms with Crippen molar-refractivity contribution in [3.8, 4) is 5.75 Å². The van der Waals surface area contributed by atoms with Crippen molar-refractivity contribution in [1.82, 2.24) is 10.2 Å². The van der Waals surface area contributed by atoms with Crippen LogP contribution in [0.1, 0.15) is 29.6 Å². The fraction of sp³-hybridized carbons (Fsp3) is 0.318. The number of anilines is 2. The van der Waals surface area contributed by atoms with E-state index in [1.54, 1.807) is 55.6 Å². The zero-order chi connectivity index (χ0) is 21.3. The summed E-state index contributed by atoms with van der Waals surface area (Å²) in [6.45, 7) is 1.80. The second kappa shape index (κ2) is 10.3. The van der Waals surface area contributed by atoms with E-state index in [1.165, 1.54) is 0 Å². The van der Waals surface area contributed by atoms with E-state index in [9.17, 15) is 14.4 Å². The minimum atomic E-state index is -0.391. The molecule has 1 saturated heterocycles. The normalized spacial score (nSPS) is 12.9. The minimum Gasteiger partial charge on any atom is -0.497 e. The Morgan fingerprint density at radius 2 is 1.50 bits per heavy atom. The second-order valence-corrected chi connectivity index (χ2v) is 6.98. The van der Waals surface area contributed by atoms with Crippen LogP contribution >= 0.6 is 0 Å². The molecule has 0 atom stereocenters.